The molecule has 0 saturated carbocycles. The molecule has 0 atom stereocenters. The molecular formula is C30H52Br2Cl2O6Si2. The highest BCUT2D eigenvalue weighted by molar-refractivity contribution is 9.10. The summed E-state index contributed by atoms with van der Waals surface area (Å²) in [6.07, 6.45) is 0. The standard InChI is InChI=1S/C14H23BrO3Si.C8H9BrO2.C7H18OSi.CH2Cl2/c1-11-8-14(13(16-2)9-12(11)15)18-10-17-6-7-19(3,4)5;1-5-3-7(10)8(11-2)4-6(5)9;1-5-8-6-7-9(2,3)4;2-1-3/h8-9H,6-7,10H2,1-5H3;3-4,10H,1-2H3;5-7H2,1-4H3;1H2. The van der Waals surface area contributed by atoms with Gasteiger partial charge < -0.3 is 28.8 Å². The van der Waals surface area contributed by atoms with Crippen molar-refractivity contribution in [2.45, 2.75) is 72.1 Å². The van der Waals surface area contributed by atoms with Gasteiger partial charge >= 0.3 is 0 Å². The summed E-state index contributed by atoms with van der Waals surface area (Å²) in [7, 11) is 1.31. The van der Waals surface area contributed by atoms with Crippen LogP contribution in [-0.2, 0) is 9.47 Å². The van der Waals surface area contributed by atoms with Crippen molar-refractivity contribution in [1.82, 2.24) is 0 Å². The first kappa shape index (κ1) is 43.7. The Labute approximate surface area is 284 Å². The molecule has 0 radical (unpaired) electrons. The summed E-state index contributed by atoms with van der Waals surface area (Å²) >= 11 is 16.3. The van der Waals surface area contributed by atoms with Crippen molar-refractivity contribution < 1.29 is 28.8 Å². The molecule has 0 fully saturated rings. The molecule has 0 spiro atoms. The summed E-state index contributed by atoms with van der Waals surface area (Å²) in [6, 6.07) is 9.69. The smallest absolute Gasteiger partial charge is 0.189 e. The first-order valence-corrected chi connectivity index (χ1v) is 23.8. The van der Waals surface area contributed by atoms with Crippen LogP contribution < -0.4 is 14.2 Å². The quantitative estimate of drug-likeness (QED) is 0.0999. The second-order valence-corrected chi connectivity index (χ2v) is 25.4. The highest BCUT2D eigenvalue weighted by Crippen LogP contribution is 2.33. The van der Waals surface area contributed by atoms with E-state index in [1.807, 2.05) is 32.9 Å². The van der Waals surface area contributed by atoms with Crippen molar-refractivity contribution in [2.75, 3.05) is 46.2 Å². The van der Waals surface area contributed by atoms with E-state index in [0.29, 0.717) is 11.5 Å². The average Bonchev–Trinajstić information content (AvgIpc) is 2.88. The van der Waals surface area contributed by atoms with Crippen LogP contribution >= 0.6 is 55.1 Å². The molecule has 0 aliphatic rings. The van der Waals surface area contributed by atoms with Crippen LogP contribution in [0.25, 0.3) is 0 Å². The van der Waals surface area contributed by atoms with Crippen LogP contribution in [0.1, 0.15) is 18.1 Å². The molecule has 0 unspecified atom stereocenters. The van der Waals surface area contributed by atoms with Crippen molar-refractivity contribution in [1.29, 1.82) is 0 Å². The Balaban J connectivity index is 0. The van der Waals surface area contributed by atoms with Gasteiger partial charge in [0.25, 0.3) is 0 Å². The van der Waals surface area contributed by atoms with Crippen LogP contribution in [0, 0.1) is 13.8 Å². The molecule has 0 aromatic heterocycles. The molecule has 0 saturated heterocycles. The number of halogens is 4. The summed E-state index contributed by atoms with van der Waals surface area (Å²) in [5.41, 5.74) is 2.10. The van der Waals surface area contributed by atoms with Gasteiger partial charge in [0.05, 0.1) is 19.6 Å². The van der Waals surface area contributed by atoms with Crippen LogP contribution in [-0.4, -0.2) is 67.4 Å². The zero-order chi connectivity index (χ0) is 32.9. The van der Waals surface area contributed by atoms with E-state index >= 15 is 0 Å². The SMILES string of the molecule is CCOCC[Si](C)(C)C.COc1cc(Br)c(C)cc1O.COc1cc(Br)c(C)cc1OCOCC[Si](C)(C)C.ClCCl. The molecule has 244 valence electrons. The maximum absolute atomic E-state index is 9.27. The Hall–Kier alpha value is -0.466. The highest BCUT2D eigenvalue weighted by atomic mass is 79.9. The van der Waals surface area contributed by atoms with Gasteiger partial charge in [-0.15, -0.1) is 23.2 Å². The van der Waals surface area contributed by atoms with E-state index in [0.717, 1.165) is 51.7 Å². The summed E-state index contributed by atoms with van der Waals surface area (Å²) < 4.78 is 28.5. The van der Waals surface area contributed by atoms with E-state index in [1.54, 1.807) is 19.2 Å². The lowest BCUT2D eigenvalue weighted by Gasteiger charge is -2.16. The highest BCUT2D eigenvalue weighted by Gasteiger charge is 2.13. The van der Waals surface area contributed by atoms with E-state index < -0.39 is 16.1 Å². The maximum Gasteiger partial charge on any atom is 0.189 e. The summed E-state index contributed by atoms with van der Waals surface area (Å²) in [5.74, 6) is 2.10. The molecule has 0 aliphatic carbocycles. The molecule has 2 rings (SSSR count). The zero-order valence-corrected chi connectivity index (χ0v) is 33.9. The van der Waals surface area contributed by atoms with Crippen LogP contribution in [0.4, 0.5) is 0 Å². The van der Waals surface area contributed by atoms with Crippen molar-refractivity contribution in [3.63, 3.8) is 0 Å². The monoisotopic (exact) mass is 792 g/mol. The number of hydrogen-bond donors (Lipinski definition) is 1. The van der Waals surface area contributed by atoms with Gasteiger partial charge in [-0.25, -0.2) is 0 Å². The van der Waals surface area contributed by atoms with Gasteiger partial charge in [-0.3, -0.25) is 0 Å². The van der Waals surface area contributed by atoms with Crippen LogP contribution in [0.15, 0.2) is 33.2 Å². The fourth-order valence-electron chi connectivity index (χ4n) is 2.79. The van der Waals surface area contributed by atoms with Crippen LogP contribution in [0.3, 0.4) is 0 Å². The van der Waals surface area contributed by atoms with Gasteiger partial charge in [0.1, 0.15) is 0 Å². The number of benzene rings is 2. The lowest BCUT2D eigenvalue weighted by molar-refractivity contribution is 0.0205. The van der Waals surface area contributed by atoms with Crippen molar-refractivity contribution >= 4 is 71.2 Å². The van der Waals surface area contributed by atoms with Gasteiger partial charge in [0, 0.05) is 44.9 Å². The third-order valence-corrected chi connectivity index (χ3v) is 10.5. The molecule has 12 heteroatoms. The summed E-state index contributed by atoms with van der Waals surface area (Å²) in [6.45, 7) is 22.9. The number of ether oxygens (including phenoxy) is 5. The number of aromatic hydroxyl groups is 1. The first-order chi connectivity index (χ1) is 19.5. The minimum Gasteiger partial charge on any atom is -0.504 e. The Bertz CT molecular complexity index is 1000. The molecule has 0 aliphatic heterocycles. The normalized spacial score (nSPS) is 10.7. The van der Waals surface area contributed by atoms with E-state index in [9.17, 15) is 5.11 Å². The van der Waals surface area contributed by atoms with Gasteiger partial charge in [-0.05, 0) is 68.3 Å². The Kier molecular flexibility index (Phi) is 24.8. The zero-order valence-electron chi connectivity index (χ0n) is 27.3. The van der Waals surface area contributed by atoms with Gasteiger partial charge in [0.15, 0.2) is 29.8 Å². The minimum atomic E-state index is -1.03. The predicted octanol–water partition coefficient (Wildman–Crippen LogP) is 10.7. The van der Waals surface area contributed by atoms with Crippen molar-refractivity contribution in [3.05, 3.63) is 44.3 Å². The molecule has 42 heavy (non-hydrogen) atoms. The summed E-state index contributed by atoms with van der Waals surface area (Å²) in [4.78, 5) is 0. The average molecular weight is 796 g/mol. The largest absolute Gasteiger partial charge is 0.504 e. The molecule has 0 heterocycles. The molecule has 6 nitrogen and oxygen atoms in total. The molecule has 0 bridgehead atoms. The number of alkyl halides is 2. The Morgan fingerprint density at radius 1 is 0.714 bits per heavy atom. The predicted molar refractivity (Wildman–Crippen MR) is 193 cm³/mol. The van der Waals surface area contributed by atoms with Crippen LogP contribution in [0.5, 0.6) is 23.0 Å². The second-order valence-electron chi connectivity index (χ2n) is 11.6. The van der Waals surface area contributed by atoms with Crippen LogP contribution in [0.2, 0.25) is 51.4 Å². The molecule has 1 N–H and O–H groups in total. The number of rotatable bonds is 12. The third kappa shape index (κ3) is 23.0. The fraction of sp³-hybridized carbons (Fsp3) is 0.600. The van der Waals surface area contributed by atoms with Gasteiger partial charge in [0.2, 0.25) is 0 Å². The Morgan fingerprint density at radius 2 is 1.14 bits per heavy atom. The van der Waals surface area contributed by atoms with E-state index in [-0.39, 0.29) is 17.9 Å². The number of phenols is 1. The van der Waals surface area contributed by atoms with Crippen molar-refractivity contribution in [2.24, 2.45) is 0 Å². The maximum atomic E-state index is 9.27. The molecule has 0 amide bonds. The molecule has 2 aromatic carbocycles. The molecular weight excluding hydrogens is 743 g/mol. The second kappa shape index (κ2) is 23.9. The number of aryl methyl sites for hydroxylation is 2. The van der Waals surface area contributed by atoms with E-state index in [2.05, 4.69) is 71.1 Å². The number of methoxy groups -OCH3 is 2. The minimum absolute atomic E-state index is 0.174. The molecule has 2 aromatic rings. The Morgan fingerprint density at radius 3 is 1.57 bits per heavy atom. The lowest BCUT2D eigenvalue weighted by Crippen LogP contribution is -2.22. The fourth-order valence-corrected chi connectivity index (χ4v) is 4.94. The van der Waals surface area contributed by atoms with E-state index in [4.69, 9.17) is 46.9 Å². The van der Waals surface area contributed by atoms with Gasteiger partial charge in [-0.1, -0.05) is 71.1 Å². The van der Waals surface area contributed by atoms with Gasteiger partial charge in [-0.2, -0.15) is 0 Å². The topological polar surface area (TPSA) is 66.4 Å². The number of hydrogen-bond acceptors (Lipinski definition) is 6. The van der Waals surface area contributed by atoms with Crippen molar-refractivity contribution in [3.8, 4) is 23.0 Å². The third-order valence-electron chi connectivity index (χ3n) is 5.40. The number of phenolic OH excluding ortho intramolecular Hbond substituents is 1. The van der Waals surface area contributed by atoms with E-state index in [1.165, 1.54) is 13.2 Å². The lowest BCUT2D eigenvalue weighted by atomic mass is 10.2. The first-order valence-electron chi connectivity index (χ1n) is 13.7. The summed E-state index contributed by atoms with van der Waals surface area (Å²) in [5, 5.41) is 9.46.